The number of benzene rings is 2. The second kappa shape index (κ2) is 7.91. The van der Waals surface area contributed by atoms with Crippen molar-refractivity contribution in [2.45, 2.75) is 31.6 Å². The van der Waals surface area contributed by atoms with Gasteiger partial charge in [0, 0.05) is 46.7 Å². The second-order valence-electron chi connectivity index (χ2n) is 7.21. The molecule has 0 fully saturated rings. The number of anilines is 1. The molecule has 0 bridgehead atoms. The Morgan fingerprint density at radius 2 is 1.86 bits per heavy atom. The third kappa shape index (κ3) is 3.51. The molecule has 2 aromatic rings. The van der Waals surface area contributed by atoms with Gasteiger partial charge in [-0.25, -0.2) is 0 Å². The maximum Gasteiger partial charge on any atom is 0.232 e. The molecule has 150 valence electrons. The summed E-state index contributed by atoms with van der Waals surface area (Å²) < 4.78 is 10.8. The van der Waals surface area contributed by atoms with Crippen molar-refractivity contribution in [1.29, 1.82) is 0 Å². The molecule has 1 heterocycles. The largest absolute Gasteiger partial charge is 0.497 e. The molecule has 0 radical (unpaired) electrons. The fourth-order valence-electron chi connectivity index (χ4n) is 4.28. The first-order chi connectivity index (χ1) is 14.0. The van der Waals surface area contributed by atoms with Crippen LogP contribution >= 0.6 is 11.6 Å². The van der Waals surface area contributed by atoms with Crippen LogP contribution in [0.15, 0.2) is 53.7 Å². The third-order valence-corrected chi connectivity index (χ3v) is 5.79. The smallest absolute Gasteiger partial charge is 0.232 e. The Labute approximate surface area is 174 Å². The number of ketones is 1. The van der Waals surface area contributed by atoms with Crippen molar-refractivity contribution in [3.05, 3.63) is 64.3 Å². The fourth-order valence-corrected chi connectivity index (χ4v) is 4.46. The molecule has 0 saturated carbocycles. The van der Waals surface area contributed by atoms with Crippen molar-refractivity contribution in [2.75, 3.05) is 19.1 Å². The Kier molecular flexibility index (Phi) is 5.33. The first-order valence-corrected chi connectivity index (χ1v) is 9.98. The maximum absolute atomic E-state index is 13.2. The number of amides is 1. The van der Waals surface area contributed by atoms with E-state index in [2.05, 4.69) is 0 Å². The Bertz CT molecular complexity index is 1010. The van der Waals surface area contributed by atoms with Crippen LogP contribution in [0.4, 0.5) is 5.69 Å². The molecule has 0 aromatic heterocycles. The quantitative estimate of drug-likeness (QED) is 0.719. The Morgan fingerprint density at radius 3 is 2.59 bits per heavy atom. The van der Waals surface area contributed by atoms with Crippen molar-refractivity contribution in [3.8, 4) is 11.5 Å². The molecule has 1 amide bonds. The number of rotatable bonds is 4. The average molecular weight is 412 g/mol. The summed E-state index contributed by atoms with van der Waals surface area (Å²) in [6, 6.07) is 12.7. The van der Waals surface area contributed by atoms with Crippen molar-refractivity contribution >= 4 is 29.0 Å². The van der Waals surface area contributed by atoms with E-state index in [0.29, 0.717) is 40.6 Å². The molecule has 1 atom stereocenters. The molecule has 5 nitrogen and oxygen atoms in total. The van der Waals surface area contributed by atoms with Gasteiger partial charge < -0.3 is 9.47 Å². The summed E-state index contributed by atoms with van der Waals surface area (Å²) in [5.41, 5.74) is 3.02. The van der Waals surface area contributed by atoms with E-state index in [9.17, 15) is 9.59 Å². The highest BCUT2D eigenvalue weighted by atomic mass is 35.5. The monoisotopic (exact) mass is 411 g/mol. The lowest BCUT2D eigenvalue weighted by Gasteiger charge is -2.38. The molecule has 29 heavy (non-hydrogen) atoms. The molecular formula is C23H22ClNO4. The van der Waals surface area contributed by atoms with Crippen LogP contribution in [0.1, 0.15) is 37.2 Å². The first kappa shape index (κ1) is 19.5. The molecular weight excluding hydrogens is 390 g/mol. The van der Waals surface area contributed by atoms with E-state index in [-0.39, 0.29) is 24.0 Å². The topological polar surface area (TPSA) is 55.8 Å². The normalized spacial score (nSPS) is 19.3. The standard InChI is InChI=1S/C23H22ClNO4/c1-28-16-9-10-17(21(12-16)29-2)18-13-22(27)25(15-6-3-5-14(24)11-15)19-7-4-8-20(26)23(18)19/h3,5-6,9-12,18H,4,7-8,13H2,1-2H3/t18-/m0/s1. The minimum atomic E-state index is -0.332. The van der Waals surface area contributed by atoms with Gasteiger partial charge in [-0.15, -0.1) is 0 Å². The van der Waals surface area contributed by atoms with E-state index < -0.39 is 0 Å². The number of ether oxygens (including phenoxy) is 2. The van der Waals surface area contributed by atoms with Gasteiger partial charge in [0.15, 0.2) is 5.78 Å². The molecule has 2 aliphatic rings. The number of allylic oxidation sites excluding steroid dienone is 2. The molecule has 6 heteroatoms. The summed E-state index contributed by atoms with van der Waals surface area (Å²) in [5.74, 6) is 0.986. The number of methoxy groups -OCH3 is 2. The van der Waals surface area contributed by atoms with Crippen molar-refractivity contribution < 1.29 is 19.1 Å². The first-order valence-electron chi connectivity index (χ1n) is 9.60. The second-order valence-corrected chi connectivity index (χ2v) is 7.65. The van der Waals surface area contributed by atoms with Crippen molar-refractivity contribution in [1.82, 2.24) is 0 Å². The summed E-state index contributed by atoms with van der Waals surface area (Å²) in [6.07, 6.45) is 2.09. The lowest BCUT2D eigenvalue weighted by molar-refractivity contribution is -0.119. The summed E-state index contributed by atoms with van der Waals surface area (Å²) in [7, 11) is 3.17. The van der Waals surface area contributed by atoms with E-state index in [1.54, 1.807) is 37.3 Å². The van der Waals surface area contributed by atoms with Crippen LogP contribution in [0, 0.1) is 0 Å². The summed E-state index contributed by atoms with van der Waals surface area (Å²) >= 11 is 6.16. The molecule has 0 spiro atoms. The third-order valence-electron chi connectivity index (χ3n) is 5.56. The molecule has 4 rings (SSSR count). The predicted molar refractivity (Wildman–Crippen MR) is 112 cm³/mol. The number of hydrogen-bond donors (Lipinski definition) is 0. The van der Waals surface area contributed by atoms with Crippen molar-refractivity contribution in [2.24, 2.45) is 0 Å². The van der Waals surface area contributed by atoms with Gasteiger partial charge in [-0.05, 0) is 37.1 Å². The van der Waals surface area contributed by atoms with Gasteiger partial charge in [-0.3, -0.25) is 14.5 Å². The summed E-state index contributed by atoms with van der Waals surface area (Å²) in [4.78, 5) is 27.9. The molecule has 0 saturated heterocycles. The molecule has 1 aliphatic carbocycles. The highest BCUT2D eigenvalue weighted by Gasteiger charge is 2.40. The van der Waals surface area contributed by atoms with Crippen LogP contribution in [0.3, 0.4) is 0 Å². The van der Waals surface area contributed by atoms with E-state index in [0.717, 1.165) is 17.7 Å². The number of Topliss-reactive ketones (excluding diaryl/α,β-unsaturated/α-hetero) is 1. The highest BCUT2D eigenvalue weighted by molar-refractivity contribution is 6.31. The number of carbonyl (C=O) groups excluding carboxylic acids is 2. The fraction of sp³-hybridized carbons (Fsp3) is 0.304. The zero-order valence-corrected chi connectivity index (χ0v) is 17.2. The predicted octanol–water partition coefficient (Wildman–Crippen LogP) is 4.88. The number of carbonyl (C=O) groups is 2. The molecule has 1 aliphatic heterocycles. The van der Waals surface area contributed by atoms with E-state index in [4.69, 9.17) is 21.1 Å². The van der Waals surface area contributed by atoms with Crippen LogP contribution in [-0.2, 0) is 9.59 Å². The SMILES string of the molecule is COc1ccc([C@@H]2CC(=O)N(c3cccc(Cl)c3)C3=C2C(=O)CCC3)c(OC)c1. The Morgan fingerprint density at radius 1 is 1.03 bits per heavy atom. The zero-order chi connectivity index (χ0) is 20.5. The van der Waals surface area contributed by atoms with Gasteiger partial charge >= 0.3 is 0 Å². The minimum absolute atomic E-state index is 0.0522. The average Bonchev–Trinajstić information content (AvgIpc) is 2.72. The Hall–Kier alpha value is -2.79. The molecule has 2 aromatic carbocycles. The number of nitrogens with zero attached hydrogens (tertiary/aromatic N) is 1. The van der Waals surface area contributed by atoms with Gasteiger partial charge in [-0.2, -0.15) is 0 Å². The van der Waals surface area contributed by atoms with Crippen LogP contribution in [0.25, 0.3) is 0 Å². The lowest BCUT2D eigenvalue weighted by Crippen LogP contribution is -2.40. The maximum atomic E-state index is 13.2. The molecule has 0 unspecified atom stereocenters. The number of hydrogen-bond acceptors (Lipinski definition) is 4. The minimum Gasteiger partial charge on any atom is -0.497 e. The van der Waals surface area contributed by atoms with Crippen LogP contribution < -0.4 is 14.4 Å². The summed E-state index contributed by atoms with van der Waals surface area (Å²) in [6.45, 7) is 0. The van der Waals surface area contributed by atoms with E-state index >= 15 is 0 Å². The van der Waals surface area contributed by atoms with Gasteiger partial charge in [0.05, 0.1) is 19.9 Å². The van der Waals surface area contributed by atoms with E-state index in [1.165, 1.54) is 0 Å². The van der Waals surface area contributed by atoms with E-state index in [1.807, 2.05) is 24.3 Å². The van der Waals surface area contributed by atoms with Gasteiger partial charge in [0.2, 0.25) is 5.91 Å². The Balaban J connectivity index is 1.87. The van der Waals surface area contributed by atoms with Gasteiger partial charge in [0.1, 0.15) is 11.5 Å². The molecule has 0 N–H and O–H groups in total. The lowest BCUT2D eigenvalue weighted by atomic mass is 9.77. The highest BCUT2D eigenvalue weighted by Crippen LogP contribution is 2.46. The van der Waals surface area contributed by atoms with Crippen LogP contribution in [-0.4, -0.2) is 25.9 Å². The van der Waals surface area contributed by atoms with Gasteiger partial charge in [-0.1, -0.05) is 23.7 Å². The zero-order valence-electron chi connectivity index (χ0n) is 16.4. The number of halogens is 1. The van der Waals surface area contributed by atoms with Crippen LogP contribution in [0.2, 0.25) is 5.02 Å². The van der Waals surface area contributed by atoms with Crippen LogP contribution in [0.5, 0.6) is 11.5 Å². The van der Waals surface area contributed by atoms with Crippen molar-refractivity contribution in [3.63, 3.8) is 0 Å². The van der Waals surface area contributed by atoms with Gasteiger partial charge in [0.25, 0.3) is 0 Å². The summed E-state index contributed by atoms with van der Waals surface area (Å²) in [5, 5.41) is 0.554.